The summed E-state index contributed by atoms with van der Waals surface area (Å²) in [5.41, 5.74) is 5.55. The topological polar surface area (TPSA) is 97.6 Å². The highest BCUT2D eigenvalue weighted by atomic mass is 16.1. The predicted octanol–water partition coefficient (Wildman–Crippen LogP) is 5.39. The van der Waals surface area contributed by atoms with Gasteiger partial charge in [-0.05, 0) is 56.2 Å². The maximum absolute atomic E-state index is 13.2. The van der Waals surface area contributed by atoms with Crippen LogP contribution in [0.1, 0.15) is 34.2 Å². The van der Waals surface area contributed by atoms with Gasteiger partial charge in [0, 0.05) is 28.5 Å². The Morgan fingerprint density at radius 3 is 2.69 bits per heavy atom. The van der Waals surface area contributed by atoms with Gasteiger partial charge in [-0.2, -0.15) is 5.10 Å². The van der Waals surface area contributed by atoms with Gasteiger partial charge in [-0.25, -0.2) is 19.6 Å². The number of amides is 1. The number of pyridine rings is 1. The quantitative estimate of drug-likeness (QED) is 0.351. The number of rotatable bonds is 6. The SMILES string of the molecule is CCc1ccc(Nc2cc(C)ncn2)cc1NC(=O)c1cnn(-c2ccc3ccccc3n2)c1C. The molecule has 174 valence electrons. The third-order valence-electron chi connectivity index (χ3n) is 5.87. The van der Waals surface area contributed by atoms with Crippen LogP contribution in [0.4, 0.5) is 17.2 Å². The lowest BCUT2D eigenvalue weighted by atomic mass is 10.1. The molecular weight excluding hydrogens is 438 g/mol. The van der Waals surface area contributed by atoms with Crippen molar-refractivity contribution in [1.82, 2.24) is 24.7 Å². The molecule has 3 heterocycles. The van der Waals surface area contributed by atoms with Crippen LogP contribution in [-0.4, -0.2) is 30.6 Å². The molecule has 0 unspecified atom stereocenters. The standard InChI is InChI=1S/C27H25N7O/c1-4-19-9-11-21(31-25-13-17(2)28-16-29-25)14-24(19)33-27(35)22-15-30-34(18(22)3)26-12-10-20-7-5-6-8-23(20)32-26/h5-16H,4H2,1-3H3,(H,33,35)(H,28,29,31). The minimum Gasteiger partial charge on any atom is -0.340 e. The molecule has 8 heteroatoms. The first-order valence-electron chi connectivity index (χ1n) is 11.4. The molecule has 0 saturated carbocycles. The molecular formula is C27H25N7O. The fourth-order valence-electron chi connectivity index (χ4n) is 3.98. The summed E-state index contributed by atoms with van der Waals surface area (Å²) in [5.74, 6) is 1.14. The minimum atomic E-state index is -0.223. The molecule has 5 rings (SSSR count). The Balaban J connectivity index is 1.40. The Labute approximate surface area is 203 Å². The average Bonchev–Trinajstić information content (AvgIpc) is 3.25. The molecule has 0 atom stereocenters. The number of hydrogen-bond donors (Lipinski definition) is 2. The normalized spacial score (nSPS) is 10.9. The summed E-state index contributed by atoms with van der Waals surface area (Å²) < 4.78 is 1.69. The number of para-hydroxylation sites is 1. The van der Waals surface area contributed by atoms with E-state index in [1.807, 2.05) is 74.5 Å². The van der Waals surface area contributed by atoms with Crippen LogP contribution < -0.4 is 10.6 Å². The van der Waals surface area contributed by atoms with Gasteiger partial charge >= 0.3 is 0 Å². The highest BCUT2D eigenvalue weighted by Gasteiger charge is 2.17. The number of anilines is 3. The van der Waals surface area contributed by atoms with E-state index in [1.54, 1.807) is 10.9 Å². The number of aromatic nitrogens is 5. The number of carbonyl (C=O) groups is 1. The minimum absolute atomic E-state index is 0.223. The lowest BCUT2D eigenvalue weighted by Gasteiger charge is -2.13. The smallest absolute Gasteiger partial charge is 0.259 e. The summed E-state index contributed by atoms with van der Waals surface area (Å²) in [6.45, 7) is 5.84. The van der Waals surface area contributed by atoms with E-state index in [-0.39, 0.29) is 5.91 Å². The molecule has 0 fully saturated rings. The van der Waals surface area contributed by atoms with Gasteiger partial charge in [-0.15, -0.1) is 0 Å². The van der Waals surface area contributed by atoms with Crippen molar-refractivity contribution in [3.63, 3.8) is 0 Å². The van der Waals surface area contributed by atoms with E-state index in [4.69, 9.17) is 4.98 Å². The van der Waals surface area contributed by atoms with Gasteiger partial charge in [-0.3, -0.25) is 4.79 Å². The molecule has 8 nitrogen and oxygen atoms in total. The average molecular weight is 464 g/mol. The lowest BCUT2D eigenvalue weighted by molar-refractivity contribution is 0.102. The summed E-state index contributed by atoms with van der Waals surface area (Å²) in [6.07, 6.45) is 3.88. The van der Waals surface area contributed by atoms with Crippen molar-refractivity contribution in [3.05, 3.63) is 95.7 Å². The van der Waals surface area contributed by atoms with Crippen molar-refractivity contribution in [1.29, 1.82) is 0 Å². The monoisotopic (exact) mass is 463 g/mol. The predicted molar refractivity (Wildman–Crippen MR) is 137 cm³/mol. The number of fused-ring (bicyclic) bond motifs is 1. The number of hydrogen-bond acceptors (Lipinski definition) is 6. The molecule has 0 saturated heterocycles. The molecule has 0 aliphatic heterocycles. The lowest BCUT2D eigenvalue weighted by Crippen LogP contribution is -2.14. The molecule has 0 radical (unpaired) electrons. The third-order valence-corrected chi connectivity index (χ3v) is 5.87. The van der Waals surface area contributed by atoms with Crippen molar-refractivity contribution < 1.29 is 4.79 Å². The fraction of sp³-hybridized carbons (Fsp3) is 0.148. The van der Waals surface area contributed by atoms with Crippen molar-refractivity contribution in [2.45, 2.75) is 27.2 Å². The van der Waals surface area contributed by atoms with Gasteiger partial charge < -0.3 is 10.6 Å². The Kier molecular flexibility index (Phi) is 5.93. The molecule has 0 aliphatic carbocycles. The zero-order valence-electron chi connectivity index (χ0n) is 19.8. The van der Waals surface area contributed by atoms with Gasteiger partial charge in [0.2, 0.25) is 0 Å². The number of carbonyl (C=O) groups excluding carboxylic acids is 1. The Bertz CT molecular complexity index is 1540. The van der Waals surface area contributed by atoms with Crippen molar-refractivity contribution in [2.75, 3.05) is 10.6 Å². The van der Waals surface area contributed by atoms with Crippen LogP contribution in [0.15, 0.2) is 73.2 Å². The number of nitrogens with one attached hydrogen (secondary N) is 2. The van der Waals surface area contributed by atoms with E-state index in [0.717, 1.165) is 40.0 Å². The fourth-order valence-corrected chi connectivity index (χ4v) is 3.98. The maximum Gasteiger partial charge on any atom is 0.259 e. The first-order valence-corrected chi connectivity index (χ1v) is 11.4. The molecule has 2 N–H and O–H groups in total. The van der Waals surface area contributed by atoms with Crippen LogP contribution >= 0.6 is 0 Å². The molecule has 3 aromatic heterocycles. The number of aryl methyl sites for hydroxylation is 2. The Morgan fingerprint density at radius 1 is 1.00 bits per heavy atom. The summed E-state index contributed by atoms with van der Waals surface area (Å²) in [6, 6.07) is 19.6. The first-order chi connectivity index (χ1) is 17.0. The third kappa shape index (κ3) is 4.59. The maximum atomic E-state index is 13.2. The van der Waals surface area contributed by atoms with Crippen LogP contribution in [0.3, 0.4) is 0 Å². The van der Waals surface area contributed by atoms with Crippen LogP contribution in [0, 0.1) is 13.8 Å². The molecule has 0 aliphatic rings. The van der Waals surface area contributed by atoms with Gasteiger partial charge in [0.25, 0.3) is 5.91 Å². The van der Waals surface area contributed by atoms with Crippen molar-refractivity contribution in [2.24, 2.45) is 0 Å². The van der Waals surface area contributed by atoms with E-state index in [9.17, 15) is 4.79 Å². The summed E-state index contributed by atoms with van der Waals surface area (Å²) in [4.78, 5) is 26.3. The first kappa shape index (κ1) is 22.2. The molecule has 5 aromatic rings. The van der Waals surface area contributed by atoms with Crippen LogP contribution in [0.2, 0.25) is 0 Å². The van der Waals surface area contributed by atoms with Crippen LogP contribution in [-0.2, 0) is 6.42 Å². The molecule has 0 spiro atoms. The highest BCUT2D eigenvalue weighted by Crippen LogP contribution is 2.25. The van der Waals surface area contributed by atoms with Crippen molar-refractivity contribution in [3.8, 4) is 5.82 Å². The second-order valence-electron chi connectivity index (χ2n) is 8.27. The summed E-state index contributed by atoms with van der Waals surface area (Å²) in [5, 5.41) is 11.8. The molecule has 35 heavy (non-hydrogen) atoms. The molecule has 0 bridgehead atoms. The van der Waals surface area contributed by atoms with Gasteiger partial charge in [0.15, 0.2) is 5.82 Å². The zero-order valence-corrected chi connectivity index (χ0v) is 19.8. The summed E-state index contributed by atoms with van der Waals surface area (Å²) >= 11 is 0. The zero-order chi connectivity index (χ0) is 24.4. The number of benzene rings is 2. The second kappa shape index (κ2) is 9.34. The van der Waals surface area contributed by atoms with Gasteiger partial charge in [0.05, 0.1) is 23.0 Å². The van der Waals surface area contributed by atoms with Crippen LogP contribution in [0.5, 0.6) is 0 Å². The van der Waals surface area contributed by atoms with Crippen LogP contribution in [0.25, 0.3) is 16.7 Å². The van der Waals surface area contributed by atoms with E-state index < -0.39 is 0 Å². The Morgan fingerprint density at radius 2 is 1.86 bits per heavy atom. The van der Waals surface area contributed by atoms with Gasteiger partial charge in [-0.1, -0.05) is 31.2 Å². The number of nitrogens with zero attached hydrogens (tertiary/aromatic N) is 5. The second-order valence-corrected chi connectivity index (χ2v) is 8.27. The van der Waals surface area contributed by atoms with E-state index >= 15 is 0 Å². The van der Waals surface area contributed by atoms with E-state index in [2.05, 4.69) is 32.6 Å². The van der Waals surface area contributed by atoms with Gasteiger partial charge in [0.1, 0.15) is 12.1 Å². The highest BCUT2D eigenvalue weighted by molar-refractivity contribution is 6.05. The summed E-state index contributed by atoms with van der Waals surface area (Å²) in [7, 11) is 0. The van der Waals surface area contributed by atoms with Crippen molar-refractivity contribution >= 4 is 34.0 Å². The van der Waals surface area contributed by atoms with E-state index in [1.165, 1.54) is 6.33 Å². The van der Waals surface area contributed by atoms with E-state index in [0.29, 0.717) is 22.9 Å². The molecule has 2 aromatic carbocycles. The molecule has 1 amide bonds. The largest absolute Gasteiger partial charge is 0.340 e. The Hall–Kier alpha value is -4.59.